The summed E-state index contributed by atoms with van der Waals surface area (Å²) in [6.07, 6.45) is 7.56. The Kier molecular flexibility index (Phi) is 4.98. The minimum Gasteiger partial charge on any atom is -0.329 e. The first kappa shape index (κ1) is 14.9. The molecule has 19 heavy (non-hydrogen) atoms. The molecule has 1 saturated heterocycles. The van der Waals surface area contributed by atoms with Gasteiger partial charge in [-0.1, -0.05) is 20.3 Å². The molecule has 2 N–H and O–H groups in total. The molecule has 0 bridgehead atoms. The van der Waals surface area contributed by atoms with Crippen molar-refractivity contribution in [1.29, 1.82) is 0 Å². The fourth-order valence-electron chi connectivity index (χ4n) is 2.84. The minimum atomic E-state index is 0.298. The molecule has 0 radical (unpaired) electrons. The summed E-state index contributed by atoms with van der Waals surface area (Å²) in [4.78, 5) is 6.78. The number of rotatable bonds is 4. The maximum absolute atomic E-state index is 6.00. The van der Waals surface area contributed by atoms with Crippen LogP contribution in [-0.4, -0.2) is 29.5 Å². The molecule has 2 rings (SSSR count). The summed E-state index contributed by atoms with van der Waals surface area (Å²) in [5.74, 6) is 0. The van der Waals surface area contributed by atoms with E-state index in [1.165, 1.54) is 24.8 Å². The first-order valence-electron chi connectivity index (χ1n) is 7.12. The number of hydrogen-bond donors (Lipinski definition) is 1. The Morgan fingerprint density at radius 3 is 2.63 bits per heavy atom. The molecular formula is C15H24BrN3. The zero-order chi connectivity index (χ0) is 13.9. The van der Waals surface area contributed by atoms with Gasteiger partial charge < -0.3 is 5.73 Å². The lowest BCUT2D eigenvalue weighted by Gasteiger charge is -2.42. The Labute approximate surface area is 124 Å². The number of piperidine rings is 1. The van der Waals surface area contributed by atoms with Crippen molar-refractivity contribution in [3.63, 3.8) is 0 Å². The third-order valence-electron chi connectivity index (χ3n) is 4.63. The van der Waals surface area contributed by atoms with Gasteiger partial charge in [0.15, 0.2) is 0 Å². The maximum atomic E-state index is 6.00. The van der Waals surface area contributed by atoms with Gasteiger partial charge in [0, 0.05) is 29.5 Å². The lowest BCUT2D eigenvalue weighted by atomic mass is 9.78. The van der Waals surface area contributed by atoms with Crippen LogP contribution in [0, 0.1) is 5.41 Å². The highest BCUT2D eigenvalue weighted by Crippen LogP contribution is 2.36. The predicted molar refractivity (Wildman–Crippen MR) is 82.9 cm³/mol. The summed E-state index contributed by atoms with van der Waals surface area (Å²) in [5, 5.41) is 0. The number of aromatic nitrogens is 1. The van der Waals surface area contributed by atoms with Gasteiger partial charge in [0.1, 0.15) is 0 Å². The number of halogens is 1. The SMILES string of the molecule is CCC1(C)CCN(C(CN)c2cncc(Br)c2)CC1. The van der Waals surface area contributed by atoms with E-state index in [0.29, 0.717) is 18.0 Å². The molecule has 0 saturated carbocycles. The molecule has 1 fully saturated rings. The molecule has 1 unspecified atom stereocenters. The highest BCUT2D eigenvalue weighted by molar-refractivity contribution is 9.10. The molecule has 1 aliphatic rings. The van der Waals surface area contributed by atoms with Crippen molar-refractivity contribution < 1.29 is 0 Å². The highest BCUT2D eigenvalue weighted by atomic mass is 79.9. The first-order chi connectivity index (χ1) is 9.08. The van der Waals surface area contributed by atoms with Crippen LogP contribution in [-0.2, 0) is 0 Å². The van der Waals surface area contributed by atoms with Crippen LogP contribution < -0.4 is 5.73 Å². The van der Waals surface area contributed by atoms with Crippen molar-refractivity contribution in [2.24, 2.45) is 11.1 Å². The summed E-state index contributed by atoms with van der Waals surface area (Å²) in [6, 6.07) is 2.43. The van der Waals surface area contributed by atoms with Crippen LogP contribution in [0.1, 0.15) is 44.7 Å². The van der Waals surface area contributed by atoms with Crippen molar-refractivity contribution in [3.8, 4) is 0 Å². The van der Waals surface area contributed by atoms with Crippen molar-refractivity contribution in [1.82, 2.24) is 9.88 Å². The van der Waals surface area contributed by atoms with Crippen molar-refractivity contribution >= 4 is 15.9 Å². The van der Waals surface area contributed by atoms with E-state index in [4.69, 9.17) is 5.73 Å². The van der Waals surface area contributed by atoms with Gasteiger partial charge in [0.05, 0.1) is 0 Å². The molecule has 1 aromatic heterocycles. The quantitative estimate of drug-likeness (QED) is 0.922. The second kappa shape index (κ2) is 6.33. The van der Waals surface area contributed by atoms with Gasteiger partial charge >= 0.3 is 0 Å². The van der Waals surface area contributed by atoms with Crippen LogP contribution >= 0.6 is 15.9 Å². The molecule has 2 heterocycles. The Hall–Kier alpha value is -0.450. The fourth-order valence-corrected chi connectivity index (χ4v) is 3.22. The summed E-state index contributed by atoms with van der Waals surface area (Å²) >= 11 is 3.49. The summed E-state index contributed by atoms with van der Waals surface area (Å²) < 4.78 is 1.03. The standard InChI is InChI=1S/C15H24BrN3/c1-3-15(2)4-6-19(7-5-15)14(9-17)12-8-13(16)11-18-10-12/h8,10-11,14H,3-7,9,17H2,1-2H3. The monoisotopic (exact) mass is 325 g/mol. The predicted octanol–water partition coefficient (Wildman–Crippen LogP) is 3.36. The normalized spacial score (nSPS) is 21.3. The van der Waals surface area contributed by atoms with Gasteiger partial charge in [-0.05, 0) is 58.9 Å². The lowest BCUT2D eigenvalue weighted by Crippen LogP contribution is -2.42. The number of hydrogen-bond acceptors (Lipinski definition) is 3. The Balaban J connectivity index is 2.08. The van der Waals surface area contributed by atoms with Crippen LogP contribution in [0.15, 0.2) is 22.9 Å². The molecule has 0 spiro atoms. The minimum absolute atomic E-state index is 0.298. The van der Waals surface area contributed by atoms with Crippen LogP contribution in [0.2, 0.25) is 0 Å². The number of nitrogens with two attached hydrogens (primary N) is 1. The highest BCUT2D eigenvalue weighted by Gasteiger charge is 2.31. The van der Waals surface area contributed by atoms with E-state index in [0.717, 1.165) is 17.6 Å². The van der Waals surface area contributed by atoms with Gasteiger partial charge in [-0.15, -0.1) is 0 Å². The number of likely N-dealkylation sites (tertiary alicyclic amines) is 1. The Morgan fingerprint density at radius 2 is 2.11 bits per heavy atom. The van der Waals surface area contributed by atoms with E-state index in [9.17, 15) is 0 Å². The first-order valence-corrected chi connectivity index (χ1v) is 7.92. The van der Waals surface area contributed by atoms with E-state index >= 15 is 0 Å². The molecule has 0 amide bonds. The van der Waals surface area contributed by atoms with Gasteiger partial charge in [-0.3, -0.25) is 9.88 Å². The summed E-state index contributed by atoms with van der Waals surface area (Å²) in [5.41, 5.74) is 7.74. The lowest BCUT2D eigenvalue weighted by molar-refractivity contribution is 0.0827. The van der Waals surface area contributed by atoms with Crippen molar-refractivity contribution in [3.05, 3.63) is 28.5 Å². The molecule has 1 aliphatic heterocycles. The van der Waals surface area contributed by atoms with Gasteiger partial charge in [0.25, 0.3) is 0 Å². The molecule has 1 aromatic rings. The summed E-state index contributed by atoms with van der Waals surface area (Å²) in [7, 11) is 0. The molecule has 1 atom stereocenters. The number of nitrogens with zero attached hydrogens (tertiary/aromatic N) is 2. The van der Waals surface area contributed by atoms with Crippen LogP contribution in [0.4, 0.5) is 0 Å². The molecule has 3 nitrogen and oxygen atoms in total. The van der Waals surface area contributed by atoms with E-state index in [1.54, 1.807) is 0 Å². The van der Waals surface area contributed by atoms with E-state index in [2.05, 4.69) is 45.7 Å². The van der Waals surface area contributed by atoms with E-state index in [1.807, 2.05) is 12.4 Å². The number of pyridine rings is 1. The Bertz CT molecular complexity index is 414. The molecule has 0 aliphatic carbocycles. The van der Waals surface area contributed by atoms with Gasteiger partial charge in [-0.25, -0.2) is 0 Å². The van der Waals surface area contributed by atoms with Crippen LogP contribution in [0.25, 0.3) is 0 Å². The van der Waals surface area contributed by atoms with Gasteiger partial charge in [0.2, 0.25) is 0 Å². The maximum Gasteiger partial charge on any atom is 0.0486 e. The zero-order valence-electron chi connectivity index (χ0n) is 11.9. The van der Waals surface area contributed by atoms with Crippen molar-refractivity contribution in [2.75, 3.05) is 19.6 Å². The topological polar surface area (TPSA) is 42.1 Å². The van der Waals surface area contributed by atoms with Crippen LogP contribution in [0.3, 0.4) is 0 Å². The van der Waals surface area contributed by atoms with Crippen molar-refractivity contribution in [2.45, 2.75) is 39.2 Å². The van der Waals surface area contributed by atoms with Gasteiger partial charge in [-0.2, -0.15) is 0 Å². The molecule has 106 valence electrons. The average Bonchev–Trinajstić information content (AvgIpc) is 2.42. The molecular weight excluding hydrogens is 302 g/mol. The second-order valence-corrected chi connectivity index (χ2v) is 6.80. The van der Waals surface area contributed by atoms with E-state index in [-0.39, 0.29) is 0 Å². The molecule has 0 aromatic carbocycles. The third kappa shape index (κ3) is 3.56. The Morgan fingerprint density at radius 1 is 1.42 bits per heavy atom. The fraction of sp³-hybridized carbons (Fsp3) is 0.667. The zero-order valence-corrected chi connectivity index (χ0v) is 13.5. The smallest absolute Gasteiger partial charge is 0.0486 e. The van der Waals surface area contributed by atoms with E-state index < -0.39 is 0 Å². The van der Waals surface area contributed by atoms with Crippen LogP contribution in [0.5, 0.6) is 0 Å². The largest absolute Gasteiger partial charge is 0.329 e. The average molecular weight is 326 g/mol. The summed E-state index contributed by atoms with van der Waals surface area (Å²) in [6.45, 7) is 7.63. The second-order valence-electron chi connectivity index (χ2n) is 5.89. The molecule has 4 heteroatoms. The third-order valence-corrected chi connectivity index (χ3v) is 5.07.